The first-order valence-corrected chi connectivity index (χ1v) is 9.39. The van der Waals surface area contributed by atoms with E-state index in [0.717, 1.165) is 12.6 Å². The van der Waals surface area contributed by atoms with Crippen LogP contribution in [0.4, 0.5) is 0 Å². The first-order chi connectivity index (χ1) is 14.7. The highest BCUT2D eigenvalue weighted by molar-refractivity contribution is 5.76. The van der Waals surface area contributed by atoms with E-state index in [9.17, 15) is 9.59 Å². The standard InChI is InChI=1S/C22H26O8/c1-25-21-13-17(15-23)3-5-19(21)29-11-9-27-7-8-28-10-12-30-20-6-4-18(16-24)14-22(20)26-2/h3-6,13-16H,7-12H2,1-2H3. The zero-order valence-corrected chi connectivity index (χ0v) is 17.1. The Bertz CT molecular complexity index is 738. The van der Waals surface area contributed by atoms with Gasteiger partial charge in [-0.1, -0.05) is 0 Å². The van der Waals surface area contributed by atoms with Crippen molar-refractivity contribution in [3.63, 3.8) is 0 Å². The highest BCUT2D eigenvalue weighted by Gasteiger charge is 2.06. The lowest BCUT2D eigenvalue weighted by Crippen LogP contribution is -2.13. The van der Waals surface area contributed by atoms with Crippen molar-refractivity contribution in [2.45, 2.75) is 0 Å². The Balaban J connectivity index is 1.55. The molecule has 0 saturated heterocycles. The lowest BCUT2D eigenvalue weighted by molar-refractivity contribution is 0.0269. The monoisotopic (exact) mass is 418 g/mol. The van der Waals surface area contributed by atoms with Crippen molar-refractivity contribution in [1.82, 2.24) is 0 Å². The molecule has 30 heavy (non-hydrogen) atoms. The van der Waals surface area contributed by atoms with Gasteiger partial charge in [0.25, 0.3) is 0 Å². The first-order valence-electron chi connectivity index (χ1n) is 9.39. The van der Waals surface area contributed by atoms with Crippen LogP contribution in [0.3, 0.4) is 0 Å². The fourth-order valence-electron chi connectivity index (χ4n) is 2.50. The van der Waals surface area contributed by atoms with Crippen LogP contribution in [-0.4, -0.2) is 66.4 Å². The lowest BCUT2D eigenvalue weighted by Gasteiger charge is -2.12. The molecule has 0 fully saturated rings. The van der Waals surface area contributed by atoms with Crippen LogP contribution in [0.25, 0.3) is 0 Å². The molecule has 0 atom stereocenters. The maximum atomic E-state index is 10.8. The van der Waals surface area contributed by atoms with E-state index in [2.05, 4.69) is 0 Å². The van der Waals surface area contributed by atoms with Crippen molar-refractivity contribution < 1.29 is 38.0 Å². The molecule has 2 rings (SSSR count). The molecule has 8 nitrogen and oxygen atoms in total. The van der Waals surface area contributed by atoms with Crippen LogP contribution in [0.15, 0.2) is 36.4 Å². The molecule has 2 aromatic rings. The molecular formula is C22H26O8. The molecule has 162 valence electrons. The van der Waals surface area contributed by atoms with Crippen molar-refractivity contribution in [2.75, 3.05) is 53.9 Å². The summed E-state index contributed by atoms with van der Waals surface area (Å²) in [6, 6.07) is 9.93. The molecule has 0 unspecified atom stereocenters. The number of hydrogen-bond donors (Lipinski definition) is 0. The van der Waals surface area contributed by atoms with E-state index in [1.54, 1.807) is 36.4 Å². The second-order valence-electron chi connectivity index (χ2n) is 5.98. The molecule has 0 radical (unpaired) electrons. The molecule has 0 N–H and O–H groups in total. The van der Waals surface area contributed by atoms with Gasteiger partial charge in [0, 0.05) is 11.1 Å². The van der Waals surface area contributed by atoms with Gasteiger partial charge in [-0.05, 0) is 36.4 Å². The van der Waals surface area contributed by atoms with Crippen LogP contribution in [-0.2, 0) is 9.47 Å². The Labute approximate surface area is 175 Å². The normalized spacial score (nSPS) is 10.3. The Morgan fingerprint density at radius 1 is 0.600 bits per heavy atom. The smallest absolute Gasteiger partial charge is 0.161 e. The minimum atomic E-state index is 0.344. The minimum absolute atomic E-state index is 0.344. The number of methoxy groups -OCH3 is 2. The van der Waals surface area contributed by atoms with Gasteiger partial charge < -0.3 is 28.4 Å². The fraction of sp³-hybridized carbons (Fsp3) is 0.364. The van der Waals surface area contributed by atoms with Gasteiger partial charge in [0.15, 0.2) is 23.0 Å². The molecule has 0 aliphatic heterocycles. The topological polar surface area (TPSA) is 89.5 Å². The third-order valence-electron chi connectivity index (χ3n) is 3.99. The number of carbonyl (C=O) groups excluding carboxylic acids is 2. The van der Waals surface area contributed by atoms with E-state index in [4.69, 9.17) is 28.4 Å². The summed E-state index contributed by atoms with van der Waals surface area (Å²) in [4.78, 5) is 21.6. The summed E-state index contributed by atoms with van der Waals surface area (Å²) in [5, 5.41) is 0. The van der Waals surface area contributed by atoms with Gasteiger partial charge >= 0.3 is 0 Å². The minimum Gasteiger partial charge on any atom is -0.493 e. The van der Waals surface area contributed by atoms with E-state index in [1.165, 1.54) is 14.2 Å². The van der Waals surface area contributed by atoms with E-state index in [-0.39, 0.29) is 0 Å². The van der Waals surface area contributed by atoms with Crippen LogP contribution in [0.5, 0.6) is 23.0 Å². The van der Waals surface area contributed by atoms with Crippen LogP contribution in [0.2, 0.25) is 0 Å². The number of aldehydes is 2. The van der Waals surface area contributed by atoms with Gasteiger partial charge in [-0.15, -0.1) is 0 Å². The van der Waals surface area contributed by atoms with Crippen molar-refractivity contribution in [1.29, 1.82) is 0 Å². The second-order valence-corrected chi connectivity index (χ2v) is 5.98. The molecule has 2 aromatic carbocycles. The summed E-state index contributed by atoms with van der Waals surface area (Å²) in [6.07, 6.45) is 1.50. The molecule has 0 saturated carbocycles. The zero-order valence-electron chi connectivity index (χ0n) is 17.1. The number of carbonyl (C=O) groups is 2. The summed E-state index contributed by atoms with van der Waals surface area (Å²) in [5.74, 6) is 2.11. The van der Waals surface area contributed by atoms with Crippen LogP contribution >= 0.6 is 0 Å². The highest BCUT2D eigenvalue weighted by Crippen LogP contribution is 2.28. The van der Waals surface area contributed by atoms with Crippen LogP contribution in [0.1, 0.15) is 20.7 Å². The van der Waals surface area contributed by atoms with Crippen molar-refractivity contribution in [3.05, 3.63) is 47.5 Å². The molecular weight excluding hydrogens is 392 g/mol. The number of ether oxygens (including phenoxy) is 6. The predicted molar refractivity (Wildman–Crippen MR) is 109 cm³/mol. The Kier molecular flexibility index (Phi) is 10.2. The Hall–Kier alpha value is -3.10. The first kappa shape index (κ1) is 23.2. The second kappa shape index (κ2) is 13.2. The largest absolute Gasteiger partial charge is 0.493 e. The molecule has 8 heteroatoms. The Morgan fingerprint density at radius 3 is 1.37 bits per heavy atom. The summed E-state index contributed by atoms with van der Waals surface area (Å²) < 4.78 is 32.5. The van der Waals surface area contributed by atoms with E-state index in [1.807, 2.05) is 0 Å². The maximum absolute atomic E-state index is 10.8. The summed E-state index contributed by atoms with van der Waals surface area (Å²) in [7, 11) is 3.04. The summed E-state index contributed by atoms with van der Waals surface area (Å²) >= 11 is 0. The van der Waals surface area contributed by atoms with Crippen LogP contribution in [0, 0.1) is 0 Å². The SMILES string of the molecule is COc1cc(C=O)ccc1OCCOCCOCCOc1ccc(C=O)cc1OC. The van der Waals surface area contributed by atoms with Gasteiger partial charge in [-0.25, -0.2) is 0 Å². The van der Waals surface area contributed by atoms with Gasteiger partial charge in [0.1, 0.15) is 25.8 Å². The average molecular weight is 418 g/mol. The van der Waals surface area contributed by atoms with Gasteiger partial charge in [-0.3, -0.25) is 9.59 Å². The third kappa shape index (κ3) is 7.38. The quantitative estimate of drug-likeness (QED) is 0.322. The summed E-state index contributed by atoms with van der Waals surface area (Å²) in [6.45, 7) is 2.30. The molecule has 0 bridgehead atoms. The number of rotatable bonds is 15. The van der Waals surface area contributed by atoms with Gasteiger partial charge in [-0.2, -0.15) is 0 Å². The molecule has 0 heterocycles. The predicted octanol–water partition coefficient (Wildman–Crippen LogP) is 2.82. The lowest BCUT2D eigenvalue weighted by atomic mass is 10.2. The molecule has 0 aromatic heterocycles. The highest BCUT2D eigenvalue weighted by atomic mass is 16.6. The molecule has 0 spiro atoms. The zero-order chi connectivity index (χ0) is 21.6. The van der Waals surface area contributed by atoms with Crippen LogP contribution < -0.4 is 18.9 Å². The van der Waals surface area contributed by atoms with Crippen molar-refractivity contribution in [3.8, 4) is 23.0 Å². The van der Waals surface area contributed by atoms with Crippen molar-refractivity contribution in [2.24, 2.45) is 0 Å². The van der Waals surface area contributed by atoms with E-state index < -0.39 is 0 Å². The molecule has 0 amide bonds. The third-order valence-corrected chi connectivity index (χ3v) is 3.99. The Morgan fingerprint density at radius 2 is 1.00 bits per heavy atom. The van der Waals surface area contributed by atoms with Gasteiger partial charge in [0.05, 0.1) is 40.6 Å². The molecule has 0 aliphatic rings. The summed E-state index contributed by atoms with van der Waals surface area (Å²) in [5.41, 5.74) is 1.04. The number of benzene rings is 2. The van der Waals surface area contributed by atoms with E-state index in [0.29, 0.717) is 73.8 Å². The van der Waals surface area contributed by atoms with E-state index >= 15 is 0 Å². The maximum Gasteiger partial charge on any atom is 0.161 e. The van der Waals surface area contributed by atoms with Gasteiger partial charge in [0.2, 0.25) is 0 Å². The van der Waals surface area contributed by atoms with Crippen molar-refractivity contribution >= 4 is 12.6 Å². The fourth-order valence-corrected chi connectivity index (χ4v) is 2.50. The molecule has 0 aliphatic carbocycles. The average Bonchev–Trinajstić information content (AvgIpc) is 2.80. The number of hydrogen-bond acceptors (Lipinski definition) is 8.